The number of carbonyl (C=O) groups is 1. The maximum atomic E-state index is 12.3. The average molecular weight is 300 g/mol. The van der Waals surface area contributed by atoms with Gasteiger partial charge in [0, 0.05) is 35.3 Å². The van der Waals surface area contributed by atoms with Gasteiger partial charge in [0.15, 0.2) is 5.78 Å². The van der Waals surface area contributed by atoms with Gasteiger partial charge in [0.2, 0.25) is 0 Å². The Labute approximate surface area is 130 Å². The fraction of sp³-hybridized carbons (Fsp3) is 0.278. The lowest BCUT2D eigenvalue weighted by atomic mass is 10.1. The predicted octanol–water partition coefficient (Wildman–Crippen LogP) is 4.36. The Kier molecular flexibility index (Phi) is 3.98. The highest BCUT2D eigenvalue weighted by molar-refractivity contribution is 6.30. The van der Waals surface area contributed by atoms with Gasteiger partial charge in [-0.1, -0.05) is 29.8 Å². The van der Waals surface area contributed by atoms with Gasteiger partial charge in [-0.25, -0.2) is 0 Å². The molecular weight excluding hydrogens is 282 g/mol. The van der Waals surface area contributed by atoms with E-state index in [9.17, 15) is 4.79 Å². The molecule has 1 unspecified atom stereocenters. The molecule has 1 aliphatic rings. The lowest BCUT2D eigenvalue weighted by molar-refractivity contribution is 0.0984. The number of carbonyl (C=O) groups excluding carboxylic acids is 1. The van der Waals surface area contributed by atoms with Crippen LogP contribution in [0.25, 0.3) is 0 Å². The first-order chi connectivity index (χ1) is 10.1. The van der Waals surface area contributed by atoms with Crippen molar-refractivity contribution in [1.82, 2.24) is 0 Å². The second-order valence-corrected chi connectivity index (χ2v) is 5.99. The fourth-order valence-corrected chi connectivity index (χ4v) is 3.10. The molecule has 3 rings (SSSR count). The summed E-state index contributed by atoms with van der Waals surface area (Å²) in [7, 11) is 0. The molecule has 0 radical (unpaired) electrons. The minimum atomic E-state index is 0.170. The van der Waals surface area contributed by atoms with E-state index in [0.717, 1.165) is 18.5 Å². The summed E-state index contributed by atoms with van der Waals surface area (Å²) in [6, 6.07) is 16.0. The van der Waals surface area contributed by atoms with E-state index in [1.807, 2.05) is 0 Å². The first-order valence-corrected chi connectivity index (χ1v) is 7.66. The van der Waals surface area contributed by atoms with Gasteiger partial charge in [0.05, 0.1) is 0 Å². The third-order valence-corrected chi connectivity index (χ3v) is 4.35. The molecule has 2 nitrogen and oxygen atoms in total. The summed E-state index contributed by atoms with van der Waals surface area (Å²) < 4.78 is 0. The maximum absolute atomic E-state index is 12.3. The minimum Gasteiger partial charge on any atom is -0.368 e. The fourth-order valence-electron chi connectivity index (χ4n) is 2.97. The molecule has 0 aliphatic carbocycles. The van der Waals surface area contributed by atoms with Crippen LogP contribution in [0.5, 0.6) is 0 Å². The van der Waals surface area contributed by atoms with Crippen LogP contribution in [0, 0.1) is 0 Å². The molecule has 0 saturated heterocycles. The first kappa shape index (κ1) is 14.2. The highest BCUT2D eigenvalue weighted by atomic mass is 35.5. The molecule has 1 atom stereocenters. The number of Topliss-reactive ketones (excluding diaryl/α,β-unsaturated/α-hetero) is 1. The van der Waals surface area contributed by atoms with Crippen LogP contribution < -0.4 is 4.90 Å². The number of nitrogens with zero attached hydrogens (tertiary/aromatic N) is 1. The molecule has 0 saturated carbocycles. The molecule has 3 heteroatoms. The summed E-state index contributed by atoms with van der Waals surface area (Å²) >= 11 is 5.85. The number of anilines is 1. The van der Waals surface area contributed by atoms with Crippen LogP contribution in [-0.2, 0) is 6.42 Å². The molecule has 21 heavy (non-hydrogen) atoms. The lowest BCUT2D eigenvalue weighted by Crippen LogP contribution is -2.31. The summed E-state index contributed by atoms with van der Waals surface area (Å²) in [5.74, 6) is 0.170. The lowest BCUT2D eigenvalue weighted by Gasteiger charge is -2.24. The van der Waals surface area contributed by atoms with Gasteiger partial charge < -0.3 is 4.90 Å². The van der Waals surface area contributed by atoms with Crippen molar-refractivity contribution in [3.8, 4) is 0 Å². The monoisotopic (exact) mass is 299 g/mol. The van der Waals surface area contributed by atoms with E-state index in [1.165, 1.54) is 11.3 Å². The molecule has 2 aromatic rings. The Hall–Kier alpha value is -1.80. The summed E-state index contributed by atoms with van der Waals surface area (Å²) in [4.78, 5) is 14.6. The van der Waals surface area contributed by atoms with Crippen LogP contribution in [0.2, 0.25) is 5.02 Å². The van der Waals surface area contributed by atoms with Gasteiger partial charge in [-0.15, -0.1) is 0 Å². The van der Waals surface area contributed by atoms with Crippen LogP contribution in [0.15, 0.2) is 48.5 Å². The minimum absolute atomic E-state index is 0.170. The summed E-state index contributed by atoms with van der Waals surface area (Å²) in [5, 5.41) is 0.661. The predicted molar refractivity (Wildman–Crippen MR) is 87.4 cm³/mol. The third-order valence-electron chi connectivity index (χ3n) is 4.09. The smallest absolute Gasteiger partial charge is 0.164 e. The number of para-hydroxylation sites is 1. The Morgan fingerprint density at radius 1 is 1.19 bits per heavy atom. The maximum Gasteiger partial charge on any atom is 0.164 e. The Bertz CT molecular complexity index is 651. The zero-order valence-corrected chi connectivity index (χ0v) is 12.8. The number of fused-ring (bicyclic) bond motifs is 1. The standard InChI is InChI=1S/C18H18ClNO/c1-13-12-15-4-2-3-5-17(15)20(13)11-10-18(21)14-6-8-16(19)9-7-14/h2-9,13H,10-12H2,1H3. The molecule has 108 valence electrons. The Balaban J connectivity index is 1.68. The van der Waals surface area contributed by atoms with Gasteiger partial charge in [-0.05, 0) is 49.2 Å². The van der Waals surface area contributed by atoms with Crippen LogP contribution in [0.3, 0.4) is 0 Å². The Morgan fingerprint density at radius 3 is 2.67 bits per heavy atom. The van der Waals surface area contributed by atoms with Gasteiger partial charge in [0.1, 0.15) is 0 Å². The van der Waals surface area contributed by atoms with Crippen molar-refractivity contribution >= 4 is 23.1 Å². The number of halogens is 1. The number of benzene rings is 2. The normalized spacial score (nSPS) is 16.9. The number of ketones is 1. The van der Waals surface area contributed by atoms with E-state index in [-0.39, 0.29) is 5.78 Å². The SMILES string of the molecule is CC1Cc2ccccc2N1CCC(=O)c1ccc(Cl)cc1. The molecule has 0 bridgehead atoms. The zero-order chi connectivity index (χ0) is 14.8. The highest BCUT2D eigenvalue weighted by Crippen LogP contribution is 2.31. The van der Waals surface area contributed by atoms with Crippen molar-refractivity contribution in [1.29, 1.82) is 0 Å². The second kappa shape index (κ2) is 5.90. The van der Waals surface area contributed by atoms with Crippen LogP contribution >= 0.6 is 11.6 Å². The van der Waals surface area contributed by atoms with Gasteiger partial charge in [-0.3, -0.25) is 4.79 Å². The summed E-state index contributed by atoms with van der Waals surface area (Å²) in [6.45, 7) is 2.98. The molecule has 2 aromatic carbocycles. The van der Waals surface area contributed by atoms with Crippen LogP contribution in [0.1, 0.15) is 29.3 Å². The molecule has 0 amide bonds. The van der Waals surface area contributed by atoms with E-state index in [2.05, 4.69) is 36.1 Å². The van der Waals surface area contributed by atoms with Crippen molar-refractivity contribution in [2.45, 2.75) is 25.8 Å². The van der Waals surface area contributed by atoms with E-state index in [1.54, 1.807) is 24.3 Å². The van der Waals surface area contributed by atoms with E-state index in [4.69, 9.17) is 11.6 Å². The first-order valence-electron chi connectivity index (χ1n) is 7.28. The quantitative estimate of drug-likeness (QED) is 0.782. The van der Waals surface area contributed by atoms with Crippen molar-refractivity contribution in [3.63, 3.8) is 0 Å². The molecule has 0 spiro atoms. The number of hydrogen-bond acceptors (Lipinski definition) is 2. The van der Waals surface area contributed by atoms with Crippen molar-refractivity contribution in [2.75, 3.05) is 11.4 Å². The van der Waals surface area contributed by atoms with Crippen LogP contribution in [-0.4, -0.2) is 18.4 Å². The largest absolute Gasteiger partial charge is 0.368 e. The number of rotatable bonds is 4. The topological polar surface area (TPSA) is 20.3 Å². The molecule has 1 aliphatic heterocycles. The van der Waals surface area contributed by atoms with Crippen LogP contribution in [0.4, 0.5) is 5.69 Å². The molecule has 0 aromatic heterocycles. The van der Waals surface area contributed by atoms with Crippen molar-refractivity contribution in [3.05, 3.63) is 64.7 Å². The molecular formula is C18H18ClNO. The summed E-state index contributed by atoms with van der Waals surface area (Å²) in [6.07, 6.45) is 1.59. The van der Waals surface area contributed by atoms with Crippen molar-refractivity contribution < 1.29 is 4.79 Å². The van der Waals surface area contributed by atoms with E-state index < -0.39 is 0 Å². The molecule has 0 fully saturated rings. The summed E-state index contributed by atoms with van der Waals surface area (Å²) in [5.41, 5.74) is 3.39. The van der Waals surface area contributed by atoms with Gasteiger partial charge in [-0.2, -0.15) is 0 Å². The average Bonchev–Trinajstić information content (AvgIpc) is 2.81. The Morgan fingerprint density at radius 2 is 1.90 bits per heavy atom. The van der Waals surface area contributed by atoms with E-state index in [0.29, 0.717) is 17.5 Å². The van der Waals surface area contributed by atoms with E-state index >= 15 is 0 Å². The highest BCUT2D eigenvalue weighted by Gasteiger charge is 2.25. The number of hydrogen-bond donors (Lipinski definition) is 0. The second-order valence-electron chi connectivity index (χ2n) is 5.56. The van der Waals surface area contributed by atoms with Crippen molar-refractivity contribution in [2.24, 2.45) is 0 Å². The van der Waals surface area contributed by atoms with Gasteiger partial charge >= 0.3 is 0 Å². The zero-order valence-electron chi connectivity index (χ0n) is 12.1. The third kappa shape index (κ3) is 2.96. The molecule has 0 N–H and O–H groups in total. The van der Waals surface area contributed by atoms with Gasteiger partial charge in [0.25, 0.3) is 0 Å². The molecule has 1 heterocycles.